The number of rotatable bonds is 5. The van der Waals surface area contributed by atoms with Crippen LogP contribution in [-0.2, 0) is 9.53 Å². The zero-order valence-electron chi connectivity index (χ0n) is 11.0. The van der Waals surface area contributed by atoms with E-state index in [0.717, 1.165) is 16.9 Å². The van der Waals surface area contributed by atoms with E-state index in [4.69, 9.17) is 14.7 Å². The van der Waals surface area contributed by atoms with Crippen LogP contribution in [-0.4, -0.2) is 19.7 Å². The Labute approximate surface area is 112 Å². The van der Waals surface area contributed by atoms with Gasteiger partial charge in [0.1, 0.15) is 24.0 Å². The van der Waals surface area contributed by atoms with Gasteiger partial charge in [-0.1, -0.05) is 18.7 Å². The molecule has 1 rings (SSSR count). The minimum Gasteiger partial charge on any atom is -0.496 e. The van der Waals surface area contributed by atoms with E-state index in [2.05, 4.69) is 6.58 Å². The predicted molar refractivity (Wildman–Crippen MR) is 72.5 cm³/mol. The molecule has 4 heteroatoms. The lowest BCUT2D eigenvalue weighted by Crippen LogP contribution is -2.06. The number of hydrogen-bond donors (Lipinski definition) is 0. The van der Waals surface area contributed by atoms with Gasteiger partial charge in [-0.3, -0.25) is 0 Å². The number of methoxy groups -OCH3 is 1. The molecule has 19 heavy (non-hydrogen) atoms. The molecule has 0 aliphatic carbocycles. The third-order valence-electron chi connectivity index (χ3n) is 2.40. The van der Waals surface area contributed by atoms with Gasteiger partial charge in [-0.2, -0.15) is 5.26 Å². The van der Waals surface area contributed by atoms with Crippen LogP contribution in [0.4, 0.5) is 0 Å². The number of carbonyl (C=O) groups is 1. The second-order valence-corrected chi connectivity index (χ2v) is 3.79. The molecule has 0 saturated heterocycles. The Hall–Kier alpha value is -2.54. The maximum Gasteiger partial charge on any atom is 0.349 e. The van der Waals surface area contributed by atoms with Gasteiger partial charge in [0.25, 0.3) is 0 Å². The Bertz CT molecular complexity index is 553. The second-order valence-electron chi connectivity index (χ2n) is 3.79. The van der Waals surface area contributed by atoms with E-state index in [9.17, 15) is 4.79 Å². The zero-order chi connectivity index (χ0) is 14.3. The van der Waals surface area contributed by atoms with Crippen molar-refractivity contribution in [3.8, 4) is 11.8 Å². The fourth-order valence-electron chi connectivity index (χ4n) is 1.51. The quantitative estimate of drug-likeness (QED) is 0.352. The molecule has 0 atom stereocenters. The van der Waals surface area contributed by atoms with Gasteiger partial charge in [0.2, 0.25) is 0 Å². The highest BCUT2D eigenvalue weighted by Crippen LogP contribution is 2.20. The van der Waals surface area contributed by atoms with E-state index in [-0.39, 0.29) is 12.2 Å². The molecular formula is C15H15NO3. The summed E-state index contributed by atoms with van der Waals surface area (Å²) in [6, 6.07) is 7.21. The summed E-state index contributed by atoms with van der Waals surface area (Å²) < 4.78 is 9.96. The van der Waals surface area contributed by atoms with Crippen molar-refractivity contribution < 1.29 is 14.3 Å². The molecule has 0 N–H and O–H groups in total. The van der Waals surface area contributed by atoms with Crippen molar-refractivity contribution in [2.45, 2.75) is 6.92 Å². The van der Waals surface area contributed by atoms with Gasteiger partial charge in [-0.05, 0) is 36.3 Å². The van der Waals surface area contributed by atoms with E-state index < -0.39 is 5.97 Å². The molecule has 0 aliphatic rings. The van der Waals surface area contributed by atoms with E-state index in [0.29, 0.717) is 0 Å². The van der Waals surface area contributed by atoms with E-state index in [1.807, 2.05) is 19.1 Å². The summed E-state index contributed by atoms with van der Waals surface area (Å²) in [5.41, 5.74) is 1.62. The molecule has 0 heterocycles. The normalized spacial score (nSPS) is 10.5. The molecular weight excluding hydrogens is 242 g/mol. The molecule has 0 aromatic heterocycles. The standard InChI is InChI=1S/C15H15NO3/c1-4-7-19-15(17)13(10-16)9-12-5-6-14(18-3)11(2)8-12/h4-6,8-9H,1,7H2,2-3H3/b13-9-. The lowest BCUT2D eigenvalue weighted by Gasteiger charge is -2.05. The first-order valence-electron chi connectivity index (χ1n) is 5.66. The molecule has 0 spiro atoms. The van der Waals surface area contributed by atoms with Crippen LogP contribution < -0.4 is 4.74 Å². The van der Waals surface area contributed by atoms with Crippen LogP contribution in [0.2, 0.25) is 0 Å². The predicted octanol–water partition coefficient (Wildman–Crippen LogP) is 2.64. The molecule has 0 fully saturated rings. The van der Waals surface area contributed by atoms with E-state index in [1.165, 1.54) is 12.2 Å². The number of nitriles is 1. The molecule has 0 aliphatic heterocycles. The van der Waals surface area contributed by atoms with Crippen LogP contribution in [0, 0.1) is 18.3 Å². The Morgan fingerprint density at radius 3 is 2.79 bits per heavy atom. The molecule has 4 nitrogen and oxygen atoms in total. The van der Waals surface area contributed by atoms with Crippen LogP contribution in [0.15, 0.2) is 36.4 Å². The number of ether oxygens (including phenoxy) is 2. The fraction of sp³-hybridized carbons (Fsp3) is 0.200. The topological polar surface area (TPSA) is 59.3 Å². The van der Waals surface area contributed by atoms with Crippen molar-refractivity contribution in [2.75, 3.05) is 13.7 Å². The molecule has 0 bridgehead atoms. The van der Waals surface area contributed by atoms with Crippen molar-refractivity contribution >= 4 is 12.0 Å². The summed E-state index contributed by atoms with van der Waals surface area (Å²) in [5, 5.41) is 8.96. The highest BCUT2D eigenvalue weighted by Gasteiger charge is 2.10. The number of carbonyl (C=O) groups excluding carboxylic acids is 1. The van der Waals surface area contributed by atoms with Crippen LogP contribution in [0.5, 0.6) is 5.75 Å². The Morgan fingerprint density at radius 2 is 2.26 bits per heavy atom. The molecule has 0 unspecified atom stereocenters. The van der Waals surface area contributed by atoms with Gasteiger partial charge in [0, 0.05) is 0 Å². The number of esters is 1. The third kappa shape index (κ3) is 4.00. The van der Waals surface area contributed by atoms with Crippen molar-refractivity contribution in [1.29, 1.82) is 5.26 Å². The first kappa shape index (κ1) is 14.5. The number of nitrogens with zero attached hydrogens (tertiary/aromatic N) is 1. The Kier molecular flexibility index (Phi) is 5.36. The van der Waals surface area contributed by atoms with Gasteiger partial charge < -0.3 is 9.47 Å². The van der Waals surface area contributed by atoms with Crippen molar-refractivity contribution in [1.82, 2.24) is 0 Å². The first-order chi connectivity index (χ1) is 9.12. The molecule has 0 saturated carbocycles. The van der Waals surface area contributed by atoms with Crippen LogP contribution in [0.1, 0.15) is 11.1 Å². The SMILES string of the molecule is C=CCOC(=O)/C(C#N)=C\c1ccc(OC)c(C)c1. The summed E-state index contributed by atoms with van der Waals surface area (Å²) >= 11 is 0. The van der Waals surface area contributed by atoms with Crippen LogP contribution in [0.25, 0.3) is 6.08 Å². The Balaban J connectivity index is 2.98. The number of aryl methyl sites for hydroxylation is 1. The van der Waals surface area contributed by atoms with Crippen molar-refractivity contribution in [3.63, 3.8) is 0 Å². The third-order valence-corrected chi connectivity index (χ3v) is 2.40. The van der Waals surface area contributed by atoms with Gasteiger partial charge in [0.15, 0.2) is 0 Å². The van der Waals surface area contributed by atoms with Crippen LogP contribution in [0.3, 0.4) is 0 Å². The van der Waals surface area contributed by atoms with E-state index in [1.54, 1.807) is 19.2 Å². The van der Waals surface area contributed by atoms with E-state index >= 15 is 0 Å². The van der Waals surface area contributed by atoms with Gasteiger partial charge >= 0.3 is 5.97 Å². The first-order valence-corrected chi connectivity index (χ1v) is 5.66. The second kappa shape index (κ2) is 7.02. The lowest BCUT2D eigenvalue weighted by molar-refractivity contribution is -0.137. The summed E-state index contributed by atoms with van der Waals surface area (Å²) in [5.74, 6) is 0.0979. The summed E-state index contributed by atoms with van der Waals surface area (Å²) in [4.78, 5) is 11.6. The van der Waals surface area contributed by atoms with Crippen LogP contribution >= 0.6 is 0 Å². The summed E-state index contributed by atoms with van der Waals surface area (Å²) in [6.07, 6.45) is 2.93. The molecule has 1 aromatic carbocycles. The molecule has 1 aromatic rings. The maximum atomic E-state index is 11.6. The summed E-state index contributed by atoms with van der Waals surface area (Å²) in [6.45, 7) is 5.41. The minimum atomic E-state index is -0.657. The largest absolute Gasteiger partial charge is 0.496 e. The average molecular weight is 257 g/mol. The summed E-state index contributed by atoms with van der Waals surface area (Å²) in [7, 11) is 1.59. The van der Waals surface area contributed by atoms with Crippen molar-refractivity contribution in [2.24, 2.45) is 0 Å². The fourth-order valence-corrected chi connectivity index (χ4v) is 1.51. The zero-order valence-corrected chi connectivity index (χ0v) is 11.0. The molecule has 0 radical (unpaired) electrons. The monoisotopic (exact) mass is 257 g/mol. The van der Waals surface area contributed by atoms with Gasteiger partial charge in [-0.15, -0.1) is 0 Å². The minimum absolute atomic E-state index is 0.0496. The van der Waals surface area contributed by atoms with Gasteiger partial charge in [-0.25, -0.2) is 4.79 Å². The lowest BCUT2D eigenvalue weighted by atomic mass is 10.1. The smallest absolute Gasteiger partial charge is 0.349 e. The molecule has 98 valence electrons. The number of hydrogen-bond acceptors (Lipinski definition) is 4. The average Bonchev–Trinajstić information content (AvgIpc) is 2.42. The van der Waals surface area contributed by atoms with Crippen molar-refractivity contribution in [3.05, 3.63) is 47.6 Å². The number of benzene rings is 1. The highest BCUT2D eigenvalue weighted by atomic mass is 16.5. The molecule has 0 amide bonds. The highest BCUT2D eigenvalue weighted by molar-refractivity contribution is 5.97. The Morgan fingerprint density at radius 1 is 1.53 bits per heavy atom. The van der Waals surface area contributed by atoms with Gasteiger partial charge in [0.05, 0.1) is 7.11 Å². The maximum absolute atomic E-state index is 11.6.